The van der Waals surface area contributed by atoms with Crippen molar-refractivity contribution in [2.45, 2.75) is 13.3 Å². The SMILES string of the molecule is CCCOc1ccccc1Oc1nsnc1Cl. The van der Waals surface area contributed by atoms with Gasteiger partial charge in [-0.25, -0.2) is 0 Å². The Hall–Kier alpha value is -1.33. The van der Waals surface area contributed by atoms with Gasteiger partial charge in [-0.1, -0.05) is 30.7 Å². The van der Waals surface area contributed by atoms with Gasteiger partial charge in [0.15, 0.2) is 11.5 Å². The number of benzene rings is 1. The van der Waals surface area contributed by atoms with E-state index in [2.05, 4.69) is 8.75 Å². The van der Waals surface area contributed by atoms with Gasteiger partial charge in [0.2, 0.25) is 5.15 Å². The third-order valence-corrected chi connectivity index (χ3v) is 2.80. The molecule has 6 heteroatoms. The fourth-order valence-corrected chi connectivity index (χ4v) is 1.81. The van der Waals surface area contributed by atoms with Crippen molar-refractivity contribution in [2.75, 3.05) is 6.61 Å². The Kier molecular flexibility index (Phi) is 4.17. The molecule has 2 rings (SSSR count). The van der Waals surface area contributed by atoms with E-state index in [9.17, 15) is 0 Å². The lowest BCUT2D eigenvalue weighted by Crippen LogP contribution is -1.97. The smallest absolute Gasteiger partial charge is 0.271 e. The monoisotopic (exact) mass is 270 g/mol. The first-order chi connectivity index (χ1) is 8.31. The molecule has 4 nitrogen and oxygen atoms in total. The van der Waals surface area contributed by atoms with Crippen LogP contribution >= 0.6 is 23.3 Å². The van der Waals surface area contributed by atoms with Crippen molar-refractivity contribution in [3.05, 3.63) is 29.4 Å². The first-order valence-electron chi connectivity index (χ1n) is 5.19. The minimum atomic E-state index is 0.264. The maximum atomic E-state index is 5.82. The van der Waals surface area contributed by atoms with E-state index in [4.69, 9.17) is 21.1 Å². The Bertz CT molecular complexity index is 490. The number of aromatic nitrogens is 2. The molecule has 0 spiro atoms. The van der Waals surface area contributed by atoms with Crippen LogP contribution in [0.2, 0.25) is 5.15 Å². The molecule has 0 bridgehead atoms. The summed E-state index contributed by atoms with van der Waals surface area (Å²) in [4.78, 5) is 0. The first-order valence-corrected chi connectivity index (χ1v) is 6.30. The maximum absolute atomic E-state index is 5.82. The lowest BCUT2D eigenvalue weighted by molar-refractivity contribution is 0.301. The van der Waals surface area contributed by atoms with E-state index < -0.39 is 0 Å². The molecule has 0 amide bonds. The Balaban J connectivity index is 2.17. The average molecular weight is 271 g/mol. The number of rotatable bonds is 5. The van der Waals surface area contributed by atoms with Gasteiger partial charge in [0.05, 0.1) is 18.3 Å². The van der Waals surface area contributed by atoms with Gasteiger partial charge in [-0.2, -0.15) is 4.37 Å². The van der Waals surface area contributed by atoms with E-state index >= 15 is 0 Å². The van der Waals surface area contributed by atoms with Crippen LogP contribution in [0.15, 0.2) is 24.3 Å². The van der Waals surface area contributed by atoms with Crippen molar-refractivity contribution in [1.29, 1.82) is 0 Å². The maximum Gasteiger partial charge on any atom is 0.271 e. The number of nitrogens with zero attached hydrogens (tertiary/aromatic N) is 2. The highest BCUT2D eigenvalue weighted by molar-refractivity contribution is 6.99. The summed E-state index contributed by atoms with van der Waals surface area (Å²) in [5.74, 6) is 1.58. The van der Waals surface area contributed by atoms with Crippen LogP contribution in [0.4, 0.5) is 0 Å². The molecule has 0 atom stereocenters. The highest BCUT2D eigenvalue weighted by atomic mass is 35.5. The lowest BCUT2D eigenvalue weighted by atomic mass is 10.3. The number of hydrogen-bond acceptors (Lipinski definition) is 5. The standard InChI is InChI=1S/C11H11ClN2O2S/c1-2-7-15-8-5-3-4-6-9(8)16-11-10(12)13-17-14-11/h3-6H,2,7H2,1H3. The van der Waals surface area contributed by atoms with E-state index in [-0.39, 0.29) is 5.15 Å². The highest BCUT2D eigenvalue weighted by Crippen LogP contribution is 2.33. The number of para-hydroxylation sites is 2. The summed E-state index contributed by atoms with van der Waals surface area (Å²) < 4.78 is 18.9. The van der Waals surface area contributed by atoms with Gasteiger partial charge in [0.25, 0.3) is 5.88 Å². The highest BCUT2D eigenvalue weighted by Gasteiger charge is 2.11. The van der Waals surface area contributed by atoms with Crippen LogP contribution in [0.3, 0.4) is 0 Å². The normalized spacial score (nSPS) is 10.2. The topological polar surface area (TPSA) is 44.2 Å². The first kappa shape index (κ1) is 12.1. The second kappa shape index (κ2) is 5.84. The summed E-state index contributed by atoms with van der Waals surface area (Å²) in [7, 11) is 0. The van der Waals surface area contributed by atoms with Gasteiger partial charge >= 0.3 is 0 Å². The van der Waals surface area contributed by atoms with Crippen molar-refractivity contribution < 1.29 is 9.47 Å². The van der Waals surface area contributed by atoms with Crippen LogP contribution in [0.25, 0.3) is 0 Å². The van der Waals surface area contributed by atoms with E-state index in [1.54, 1.807) is 6.07 Å². The summed E-state index contributed by atoms with van der Waals surface area (Å²) >= 11 is 6.83. The Morgan fingerprint density at radius 1 is 1.24 bits per heavy atom. The molecule has 90 valence electrons. The van der Waals surface area contributed by atoms with Gasteiger partial charge in [-0.05, 0) is 18.6 Å². The second-order valence-corrected chi connectivity index (χ2v) is 4.14. The zero-order chi connectivity index (χ0) is 12.1. The third-order valence-electron chi connectivity index (χ3n) is 1.94. The summed E-state index contributed by atoms with van der Waals surface area (Å²) in [6.45, 7) is 2.69. The minimum Gasteiger partial charge on any atom is -0.490 e. The van der Waals surface area contributed by atoms with Crippen molar-refractivity contribution in [3.8, 4) is 17.4 Å². The van der Waals surface area contributed by atoms with Crippen molar-refractivity contribution in [3.63, 3.8) is 0 Å². The zero-order valence-corrected chi connectivity index (χ0v) is 10.8. The molecule has 0 aliphatic heterocycles. The van der Waals surface area contributed by atoms with E-state index in [0.29, 0.717) is 24.0 Å². The molecule has 0 aliphatic carbocycles. The van der Waals surface area contributed by atoms with E-state index in [1.165, 1.54) is 0 Å². The minimum absolute atomic E-state index is 0.264. The number of halogens is 1. The fraction of sp³-hybridized carbons (Fsp3) is 0.273. The van der Waals surface area contributed by atoms with Gasteiger partial charge < -0.3 is 9.47 Å². The second-order valence-electron chi connectivity index (χ2n) is 3.26. The predicted octanol–water partition coefficient (Wildman–Crippen LogP) is 3.77. The van der Waals surface area contributed by atoms with E-state index in [0.717, 1.165) is 18.1 Å². The Morgan fingerprint density at radius 2 is 2.00 bits per heavy atom. The molecule has 0 saturated heterocycles. The molecule has 0 radical (unpaired) electrons. The van der Waals surface area contributed by atoms with Crippen molar-refractivity contribution >= 4 is 23.3 Å². The summed E-state index contributed by atoms with van der Waals surface area (Å²) in [6, 6.07) is 7.40. The van der Waals surface area contributed by atoms with Crippen LogP contribution in [0, 0.1) is 0 Å². The van der Waals surface area contributed by atoms with Crippen LogP contribution in [-0.2, 0) is 0 Å². The molecule has 0 unspecified atom stereocenters. The number of ether oxygens (including phenoxy) is 2. The largest absolute Gasteiger partial charge is 0.490 e. The van der Waals surface area contributed by atoms with Crippen molar-refractivity contribution in [2.24, 2.45) is 0 Å². The predicted molar refractivity (Wildman–Crippen MR) is 67.2 cm³/mol. The van der Waals surface area contributed by atoms with Crippen LogP contribution in [0.5, 0.6) is 17.4 Å². The molecule has 1 heterocycles. The van der Waals surface area contributed by atoms with Crippen LogP contribution in [0.1, 0.15) is 13.3 Å². The summed E-state index contributed by atoms with van der Waals surface area (Å²) in [5.41, 5.74) is 0. The quantitative estimate of drug-likeness (QED) is 0.829. The summed E-state index contributed by atoms with van der Waals surface area (Å²) in [6.07, 6.45) is 0.938. The van der Waals surface area contributed by atoms with Gasteiger partial charge in [0.1, 0.15) is 0 Å². The average Bonchev–Trinajstić information content (AvgIpc) is 2.74. The molecule has 17 heavy (non-hydrogen) atoms. The molecule has 0 fully saturated rings. The lowest BCUT2D eigenvalue weighted by Gasteiger charge is -2.09. The molecule has 1 aromatic carbocycles. The Labute approximate surface area is 108 Å². The summed E-state index contributed by atoms with van der Waals surface area (Å²) in [5, 5.41) is 0.264. The van der Waals surface area contributed by atoms with Gasteiger partial charge in [-0.15, -0.1) is 4.37 Å². The fourth-order valence-electron chi connectivity index (χ4n) is 1.20. The number of hydrogen-bond donors (Lipinski definition) is 0. The molecule has 2 aromatic rings. The van der Waals surface area contributed by atoms with Gasteiger partial charge in [0, 0.05) is 0 Å². The van der Waals surface area contributed by atoms with E-state index in [1.807, 2.05) is 25.1 Å². The Morgan fingerprint density at radius 3 is 2.65 bits per heavy atom. The molecule has 0 aliphatic rings. The third kappa shape index (κ3) is 3.08. The molecule has 1 aromatic heterocycles. The molecule has 0 N–H and O–H groups in total. The molecular weight excluding hydrogens is 260 g/mol. The molecular formula is C11H11ClN2O2S. The molecule has 0 saturated carbocycles. The van der Waals surface area contributed by atoms with Crippen LogP contribution in [-0.4, -0.2) is 15.4 Å². The van der Waals surface area contributed by atoms with Crippen molar-refractivity contribution in [1.82, 2.24) is 8.75 Å². The van der Waals surface area contributed by atoms with Gasteiger partial charge in [-0.3, -0.25) is 0 Å². The zero-order valence-electron chi connectivity index (χ0n) is 9.22. The van der Waals surface area contributed by atoms with Crippen LogP contribution < -0.4 is 9.47 Å².